The van der Waals surface area contributed by atoms with Crippen molar-refractivity contribution in [3.8, 4) is 5.75 Å². The highest BCUT2D eigenvalue weighted by molar-refractivity contribution is 8.00. The summed E-state index contributed by atoms with van der Waals surface area (Å²) >= 11 is 2.73. The Hall–Kier alpha value is -6.47. The van der Waals surface area contributed by atoms with E-state index in [1.807, 2.05) is 72.8 Å². The van der Waals surface area contributed by atoms with Crippen LogP contribution in [0.4, 0.5) is 10.7 Å². The molecule has 0 aliphatic carbocycles. The van der Waals surface area contributed by atoms with Crippen LogP contribution in [0.25, 0.3) is 6.08 Å². The molecule has 3 N–H and O–H groups in total. The highest BCUT2D eigenvalue weighted by Crippen LogP contribution is 2.41. The van der Waals surface area contributed by atoms with Crippen molar-refractivity contribution in [3.63, 3.8) is 0 Å². The number of esters is 1. The Kier molecular flexibility index (Phi) is 13.9. The Morgan fingerprint density at radius 3 is 2.27 bits per heavy atom. The molecule has 10 nitrogen and oxygen atoms in total. The van der Waals surface area contributed by atoms with Crippen LogP contribution in [0.3, 0.4) is 0 Å². The number of carbonyl (C=O) groups excluding carboxylic acids is 4. The molecule has 0 fully saturated rings. The second kappa shape index (κ2) is 20.0. The Balaban J connectivity index is 1.13. The number of amides is 3. The molecule has 7 rings (SSSR count). The van der Waals surface area contributed by atoms with Crippen molar-refractivity contribution in [1.29, 1.82) is 0 Å². The number of nitrogens with one attached hydrogen (secondary N) is 3. The molecular formula is C48H44N4O6S2. The summed E-state index contributed by atoms with van der Waals surface area (Å²) in [5.74, 6) is -1.23. The fraction of sp³-hybridized carbons (Fsp3) is 0.167. The summed E-state index contributed by atoms with van der Waals surface area (Å²) in [5.41, 5.74) is 4.76. The molecule has 5 aromatic carbocycles. The SMILES string of the molecule is CCOC(=O)c1c(NC(=O)C(Sc2cccc(NC(=O)/C(=C\c3ccccc3OC)NC(=O)c3ccccc3)c2)c2ccccc2)sc2c1CCN(Cc1ccccc1)C2. The lowest BCUT2D eigenvalue weighted by Gasteiger charge is -2.27. The first kappa shape index (κ1) is 41.7. The number of anilines is 2. The summed E-state index contributed by atoms with van der Waals surface area (Å²) in [4.78, 5) is 59.2. The predicted octanol–water partition coefficient (Wildman–Crippen LogP) is 9.37. The minimum atomic E-state index is -0.730. The second-order valence-electron chi connectivity index (χ2n) is 13.9. The van der Waals surface area contributed by atoms with Gasteiger partial charge >= 0.3 is 5.97 Å². The first-order valence-electron chi connectivity index (χ1n) is 19.5. The monoisotopic (exact) mass is 836 g/mol. The number of hydrogen-bond acceptors (Lipinski definition) is 9. The van der Waals surface area contributed by atoms with E-state index < -0.39 is 23.0 Å². The molecule has 12 heteroatoms. The molecule has 1 aliphatic heterocycles. The number of ether oxygens (including phenoxy) is 2. The molecule has 0 radical (unpaired) electrons. The lowest BCUT2D eigenvalue weighted by Crippen LogP contribution is -2.30. The average Bonchev–Trinajstić information content (AvgIpc) is 3.63. The summed E-state index contributed by atoms with van der Waals surface area (Å²) < 4.78 is 11.0. The fourth-order valence-corrected chi connectivity index (χ4v) is 9.25. The van der Waals surface area contributed by atoms with Crippen LogP contribution >= 0.6 is 23.1 Å². The largest absolute Gasteiger partial charge is 0.496 e. The number of thiophene rings is 1. The number of carbonyl (C=O) groups is 4. The lowest BCUT2D eigenvalue weighted by molar-refractivity contribution is -0.116. The molecule has 6 aromatic rings. The van der Waals surface area contributed by atoms with Gasteiger partial charge in [0, 0.05) is 46.2 Å². The van der Waals surface area contributed by atoms with Gasteiger partial charge in [-0.05, 0) is 72.5 Å². The molecule has 0 spiro atoms. The van der Waals surface area contributed by atoms with Crippen molar-refractivity contribution >= 4 is 63.6 Å². The minimum Gasteiger partial charge on any atom is -0.496 e. The van der Waals surface area contributed by atoms with Crippen LogP contribution < -0.4 is 20.7 Å². The van der Waals surface area contributed by atoms with Crippen LogP contribution in [0.5, 0.6) is 5.75 Å². The molecular weight excluding hydrogens is 793 g/mol. The van der Waals surface area contributed by atoms with Gasteiger partial charge in [-0.3, -0.25) is 19.3 Å². The number of hydrogen-bond donors (Lipinski definition) is 3. The van der Waals surface area contributed by atoms with E-state index in [1.54, 1.807) is 67.6 Å². The molecule has 0 bridgehead atoms. The van der Waals surface area contributed by atoms with E-state index in [0.717, 1.165) is 29.1 Å². The summed E-state index contributed by atoms with van der Waals surface area (Å²) in [7, 11) is 1.54. The molecule has 1 unspecified atom stereocenters. The fourth-order valence-electron chi connectivity index (χ4n) is 6.88. The maximum atomic E-state index is 14.5. The zero-order chi connectivity index (χ0) is 41.8. The first-order valence-corrected chi connectivity index (χ1v) is 21.2. The maximum absolute atomic E-state index is 14.5. The van der Waals surface area contributed by atoms with Crippen molar-refractivity contribution in [3.05, 3.63) is 183 Å². The smallest absolute Gasteiger partial charge is 0.341 e. The van der Waals surface area contributed by atoms with Gasteiger partial charge in [0.05, 0.1) is 19.3 Å². The summed E-state index contributed by atoms with van der Waals surface area (Å²) in [6, 6.07) is 42.7. The molecule has 1 aliphatic rings. The van der Waals surface area contributed by atoms with Crippen LogP contribution in [-0.4, -0.2) is 48.9 Å². The van der Waals surface area contributed by atoms with E-state index in [2.05, 4.69) is 33.0 Å². The predicted molar refractivity (Wildman–Crippen MR) is 238 cm³/mol. The zero-order valence-electron chi connectivity index (χ0n) is 33.2. The first-order chi connectivity index (χ1) is 29.3. The Bertz CT molecular complexity index is 2490. The standard InChI is InChI=1S/C48H44N4O6S2/c1-3-58-48(56)42-38-26-27-52(30-32-16-7-4-8-17-32)31-41(38)60-47(42)51-46(55)43(33-18-9-5-10-19-33)59-37-24-15-23-36(29-37)49-45(54)39(28-35-22-13-14-25-40(35)57-2)50-44(53)34-20-11-6-12-21-34/h4-25,28-29,43H,3,26-27,30-31H2,1-2H3,(H,49,54)(H,50,53)(H,51,55)/b39-28+. The van der Waals surface area contributed by atoms with Crippen molar-refractivity contribution in [1.82, 2.24) is 10.2 Å². The lowest BCUT2D eigenvalue weighted by atomic mass is 10.0. The van der Waals surface area contributed by atoms with Gasteiger partial charge in [-0.1, -0.05) is 103 Å². The highest BCUT2D eigenvalue weighted by Gasteiger charge is 2.32. The number of nitrogens with zero attached hydrogens (tertiary/aromatic N) is 1. The van der Waals surface area contributed by atoms with Gasteiger partial charge in [0.25, 0.3) is 11.8 Å². The third kappa shape index (κ3) is 10.4. The Labute approximate surface area is 357 Å². The molecule has 304 valence electrons. The summed E-state index contributed by atoms with van der Waals surface area (Å²) in [6.45, 7) is 4.18. The third-order valence-corrected chi connectivity index (χ3v) is 12.1. The van der Waals surface area contributed by atoms with Gasteiger partial charge in [0.2, 0.25) is 5.91 Å². The van der Waals surface area contributed by atoms with Gasteiger partial charge in [-0.15, -0.1) is 23.1 Å². The minimum absolute atomic E-state index is 0.00665. The number of methoxy groups -OCH3 is 1. The zero-order valence-corrected chi connectivity index (χ0v) is 34.8. The van der Waals surface area contributed by atoms with Crippen LogP contribution in [0.15, 0.2) is 150 Å². The molecule has 3 amide bonds. The average molecular weight is 837 g/mol. The van der Waals surface area contributed by atoms with Crippen molar-refractivity contribution < 1.29 is 28.7 Å². The van der Waals surface area contributed by atoms with Crippen molar-refractivity contribution in [2.45, 2.75) is 36.6 Å². The van der Waals surface area contributed by atoms with Crippen LogP contribution in [-0.2, 0) is 33.8 Å². The maximum Gasteiger partial charge on any atom is 0.341 e. The Morgan fingerprint density at radius 2 is 1.53 bits per heavy atom. The number of fused-ring (bicyclic) bond motifs is 1. The molecule has 60 heavy (non-hydrogen) atoms. The third-order valence-electron chi connectivity index (χ3n) is 9.76. The van der Waals surface area contributed by atoms with Gasteiger partial charge in [-0.25, -0.2) is 4.79 Å². The van der Waals surface area contributed by atoms with E-state index in [4.69, 9.17) is 9.47 Å². The number of rotatable bonds is 15. The molecule has 0 saturated heterocycles. The van der Waals surface area contributed by atoms with E-state index in [-0.39, 0.29) is 18.2 Å². The quantitative estimate of drug-likeness (QED) is 0.0531. The normalized spacial score (nSPS) is 13.1. The van der Waals surface area contributed by atoms with Gasteiger partial charge < -0.3 is 25.4 Å². The van der Waals surface area contributed by atoms with Crippen LogP contribution in [0.1, 0.15) is 60.0 Å². The number of thioether (sulfide) groups is 1. The molecule has 0 saturated carbocycles. The van der Waals surface area contributed by atoms with Gasteiger partial charge in [0.1, 0.15) is 21.7 Å². The highest BCUT2D eigenvalue weighted by atomic mass is 32.2. The van der Waals surface area contributed by atoms with Gasteiger partial charge in [0.15, 0.2) is 0 Å². The number of para-hydroxylation sites is 1. The van der Waals surface area contributed by atoms with E-state index in [1.165, 1.54) is 35.8 Å². The Morgan fingerprint density at radius 1 is 0.833 bits per heavy atom. The summed E-state index contributed by atoms with van der Waals surface area (Å²) in [6.07, 6.45) is 2.22. The van der Waals surface area contributed by atoms with Crippen molar-refractivity contribution in [2.24, 2.45) is 0 Å². The molecule has 2 heterocycles. The topological polar surface area (TPSA) is 126 Å². The second-order valence-corrected chi connectivity index (χ2v) is 16.2. The van der Waals surface area contributed by atoms with E-state index in [0.29, 0.717) is 51.0 Å². The van der Waals surface area contributed by atoms with Crippen LogP contribution in [0.2, 0.25) is 0 Å². The van der Waals surface area contributed by atoms with E-state index >= 15 is 0 Å². The van der Waals surface area contributed by atoms with Crippen LogP contribution in [0, 0.1) is 0 Å². The van der Waals surface area contributed by atoms with E-state index in [9.17, 15) is 19.2 Å². The van der Waals surface area contributed by atoms with Gasteiger partial charge in [-0.2, -0.15) is 0 Å². The summed E-state index contributed by atoms with van der Waals surface area (Å²) in [5, 5.41) is 8.57. The van der Waals surface area contributed by atoms with Crippen molar-refractivity contribution in [2.75, 3.05) is 30.9 Å². The molecule has 1 aromatic heterocycles. The molecule has 1 atom stereocenters. The number of benzene rings is 5.